The second-order valence-corrected chi connectivity index (χ2v) is 4.97. The molecule has 114 valence electrons. The van der Waals surface area contributed by atoms with Gasteiger partial charge in [0.15, 0.2) is 5.82 Å². The van der Waals surface area contributed by atoms with Crippen molar-refractivity contribution < 1.29 is 4.79 Å². The fraction of sp³-hybridized carbons (Fsp3) is 0. The molecule has 0 saturated heterocycles. The number of amides is 1. The van der Waals surface area contributed by atoms with Gasteiger partial charge in [0.25, 0.3) is 5.91 Å². The molecular formula is C18H16N4O. The molecule has 5 nitrogen and oxygen atoms in total. The summed E-state index contributed by atoms with van der Waals surface area (Å²) < 4.78 is 0. The van der Waals surface area contributed by atoms with Crippen LogP contribution in [0.5, 0.6) is 0 Å². The molecule has 0 bridgehead atoms. The molecule has 4 N–H and O–H groups in total. The van der Waals surface area contributed by atoms with Crippen molar-refractivity contribution >= 4 is 28.8 Å². The first-order chi connectivity index (χ1) is 11.2. The zero-order chi connectivity index (χ0) is 16.1. The first-order valence-electron chi connectivity index (χ1n) is 7.16. The number of aromatic nitrogens is 1. The van der Waals surface area contributed by atoms with Gasteiger partial charge in [0, 0.05) is 23.1 Å². The van der Waals surface area contributed by atoms with Gasteiger partial charge in [-0.05, 0) is 42.5 Å². The molecule has 0 aliphatic rings. The Morgan fingerprint density at radius 3 is 2.48 bits per heavy atom. The Morgan fingerprint density at radius 1 is 0.913 bits per heavy atom. The van der Waals surface area contributed by atoms with Crippen LogP contribution in [-0.4, -0.2) is 10.9 Å². The van der Waals surface area contributed by atoms with Crippen molar-refractivity contribution in [2.75, 3.05) is 16.4 Å². The van der Waals surface area contributed by atoms with E-state index in [-0.39, 0.29) is 5.91 Å². The topological polar surface area (TPSA) is 80.0 Å². The summed E-state index contributed by atoms with van der Waals surface area (Å²) in [7, 11) is 0. The lowest BCUT2D eigenvalue weighted by atomic mass is 10.2. The predicted molar refractivity (Wildman–Crippen MR) is 92.8 cm³/mol. The SMILES string of the molecule is Nc1cccnc1Nc1cccc(NC(=O)c2ccccc2)c1. The van der Waals surface area contributed by atoms with E-state index in [0.717, 1.165) is 5.69 Å². The molecule has 3 aromatic rings. The number of hydrogen-bond acceptors (Lipinski definition) is 4. The third kappa shape index (κ3) is 3.65. The lowest BCUT2D eigenvalue weighted by molar-refractivity contribution is 0.102. The number of pyridine rings is 1. The minimum absolute atomic E-state index is 0.153. The first kappa shape index (κ1) is 14.6. The number of nitrogens with one attached hydrogen (secondary N) is 2. The average Bonchev–Trinajstić information content (AvgIpc) is 2.58. The van der Waals surface area contributed by atoms with E-state index >= 15 is 0 Å². The van der Waals surface area contributed by atoms with Crippen molar-refractivity contribution in [2.45, 2.75) is 0 Å². The van der Waals surface area contributed by atoms with E-state index in [1.807, 2.05) is 42.5 Å². The minimum Gasteiger partial charge on any atom is -0.396 e. The Kier molecular flexibility index (Phi) is 4.20. The van der Waals surface area contributed by atoms with Crippen LogP contribution in [0.4, 0.5) is 22.9 Å². The Morgan fingerprint density at radius 2 is 1.70 bits per heavy atom. The van der Waals surface area contributed by atoms with Gasteiger partial charge in [-0.3, -0.25) is 4.79 Å². The number of hydrogen-bond donors (Lipinski definition) is 3. The van der Waals surface area contributed by atoms with Crippen LogP contribution in [0.15, 0.2) is 72.9 Å². The molecule has 0 atom stereocenters. The normalized spacial score (nSPS) is 10.1. The van der Waals surface area contributed by atoms with E-state index in [1.54, 1.807) is 30.5 Å². The Labute approximate surface area is 134 Å². The summed E-state index contributed by atoms with van der Waals surface area (Å²) in [6.07, 6.45) is 1.67. The highest BCUT2D eigenvalue weighted by atomic mass is 16.1. The summed E-state index contributed by atoms with van der Waals surface area (Å²) in [6.45, 7) is 0. The zero-order valence-corrected chi connectivity index (χ0v) is 12.4. The largest absolute Gasteiger partial charge is 0.396 e. The second-order valence-electron chi connectivity index (χ2n) is 4.97. The van der Waals surface area contributed by atoms with Gasteiger partial charge in [0.05, 0.1) is 5.69 Å². The lowest BCUT2D eigenvalue weighted by Gasteiger charge is -2.10. The Bertz CT molecular complexity index is 818. The number of carbonyl (C=O) groups is 1. The molecule has 0 aliphatic carbocycles. The summed E-state index contributed by atoms with van der Waals surface area (Å²) in [5, 5.41) is 6.01. The number of nitrogen functional groups attached to an aromatic ring is 1. The van der Waals surface area contributed by atoms with E-state index in [9.17, 15) is 4.79 Å². The molecule has 1 heterocycles. The Hall–Kier alpha value is -3.34. The van der Waals surface area contributed by atoms with Crippen LogP contribution in [0.3, 0.4) is 0 Å². The van der Waals surface area contributed by atoms with Crippen molar-refractivity contribution in [3.8, 4) is 0 Å². The van der Waals surface area contributed by atoms with Crippen LogP contribution < -0.4 is 16.4 Å². The van der Waals surface area contributed by atoms with E-state index in [0.29, 0.717) is 22.8 Å². The van der Waals surface area contributed by atoms with Gasteiger partial charge in [-0.2, -0.15) is 0 Å². The molecule has 1 amide bonds. The molecule has 0 saturated carbocycles. The van der Waals surface area contributed by atoms with Gasteiger partial charge in [0.2, 0.25) is 0 Å². The van der Waals surface area contributed by atoms with Crippen LogP contribution in [0.2, 0.25) is 0 Å². The number of anilines is 4. The summed E-state index contributed by atoms with van der Waals surface area (Å²) in [5.74, 6) is 0.430. The maximum Gasteiger partial charge on any atom is 0.255 e. The van der Waals surface area contributed by atoms with Crippen molar-refractivity contribution in [2.24, 2.45) is 0 Å². The van der Waals surface area contributed by atoms with Crippen LogP contribution in [0, 0.1) is 0 Å². The molecule has 0 aliphatic heterocycles. The zero-order valence-electron chi connectivity index (χ0n) is 12.4. The number of carbonyl (C=O) groups excluding carboxylic acids is 1. The average molecular weight is 304 g/mol. The van der Waals surface area contributed by atoms with Crippen LogP contribution in [0.1, 0.15) is 10.4 Å². The number of rotatable bonds is 4. The third-order valence-electron chi connectivity index (χ3n) is 3.26. The number of benzene rings is 2. The predicted octanol–water partition coefficient (Wildman–Crippen LogP) is 3.66. The van der Waals surface area contributed by atoms with Crippen LogP contribution >= 0.6 is 0 Å². The lowest BCUT2D eigenvalue weighted by Crippen LogP contribution is -2.11. The van der Waals surface area contributed by atoms with E-state index in [2.05, 4.69) is 15.6 Å². The number of nitrogens with two attached hydrogens (primary N) is 1. The highest BCUT2D eigenvalue weighted by molar-refractivity contribution is 6.04. The van der Waals surface area contributed by atoms with E-state index in [4.69, 9.17) is 5.73 Å². The van der Waals surface area contributed by atoms with Crippen LogP contribution in [-0.2, 0) is 0 Å². The maximum atomic E-state index is 12.2. The highest BCUT2D eigenvalue weighted by Gasteiger charge is 2.06. The monoisotopic (exact) mass is 304 g/mol. The van der Waals surface area contributed by atoms with Crippen molar-refractivity contribution in [3.05, 3.63) is 78.5 Å². The summed E-state index contributed by atoms with van der Waals surface area (Å²) in [6, 6.07) is 20.0. The smallest absolute Gasteiger partial charge is 0.255 e. The fourth-order valence-electron chi connectivity index (χ4n) is 2.13. The molecule has 23 heavy (non-hydrogen) atoms. The van der Waals surface area contributed by atoms with Gasteiger partial charge in [-0.15, -0.1) is 0 Å². The molecule has 0 fully saturated rings. The van der Waals surface area contributed by atoms with Gasteiger partial charge < -0.3 is 16.4 Å². The third-order valence-corrected chi connectivity index (χ3v) is 3.26. The minimum atomic E-state index is -0.153. The molecule has 5 heteroatoms. The first-order valence-corrected chi connectivity index (χ1v) is 7.16. The summed E-state index contributed by atoms with van der Waals surface area (Å²) in [5.41, 5.74) is 8.53. The molecule has 0 spiro atoms. The second kappa shape index (κ2) is 6.62. The highest BCUT2D eigenvalue weighted by Crippen LogP contribution is 2.22. The molecule has 1 aromatic heterocycles. The molecule has 2 aromatic carbocycles. The molecular weight excluding hydrogens is 288 g/mol. The standard InChI is InChI=1S/C18H16N4O/c19-16-10-5-11-20-17(16)21-14-8-4-9-15(12-14)22-18(23)13-6-2-1-3-7-13/h1-12H,19H2,(H,20,21)(H,22,23). The van der Waals surface area contributed by atoms with Gasteiger partial charge in [0.1, 0.15) is 0 Å². The maximum absolute atomic E-state index is 12.2. The molecule has 3 rings (SSSR count). The van der Waals surface area contributed by atoms with Crippen LogP contribution in [0.25, 0.3) is 0 Å². The summed E-state index contributed by atoms with van der Waals surface area (Å²) >= 11 is 0. The molecule has 0 unspecified atom stereocenters. The van der Waals surface area contributed by atoms with Crippen molar-refractivity contribution in [1.82, 2.24) is 4.98 Å². The van der Waals surface area contributed by atoms with Gasteiger partial charge in [-0.25, -0.2) is 4.98 Å². The summed E-state index contributed by atoms with van der Waals surface area (Å²) in [4.78, 5) is 16.4. The fourth-order valence-corrected chi connectivity index (χ4v) is 2.13. The van der Waals surface area contributed by atoms with Gasteiger partial charge in [-0.1, -0.05) is 24.3 Å². The molecule has 0 radical (unpaired) electrons. The number of nitrogens with zero attached hydrogens (tertiary/aromatic N) is 1. The van der Waals surface area contributed by atoms with E-state index in [1.165, 1.54) is 0 Å². The van der Waals surface area contributed by atoms with Crippen molar-refractivity contribution in [3.63, 3.8) is 0 Å². The quantitative estimate of drug-likeness (QED) is 0.687. The Balaban J connectivity index is 1.75. The van der Waals surface area contributed by atoms with Gasteiger partial charge >= 0.3 is 0 Å². The van der Waals surface area contributed by atoms with E-state index < -0.39 is 0 Å². The van der Waals surface area contributed by atoms with Crippen molar-refractivity contribution in [1.29, 1.82) is 0 Å².